The van der Waals surface area contributed by atoms with Crippen molar-refractivity contribution in [2.75, 3.05) is 0 Å². The summed E-state index contributed by atoms with van der Waals surface area (Å²) in [6, 6.07) is 0.0706. The van der Waals surface area contributed by atoms with Gasteiger partial charge in [-0.15, -0.1) is 11.3 Å². The van der Waals surface area contributed by atoms with Gasteiger partial charge in [-0.05, 0) is 25.8 Å². The molecule has 0 fully saturated rings. The summed E-state index contributed by atoms with van der Waals surface area (Å²) in [6.45, 7) is 4.14. The maximum absolute atomic E-state index is 6.29. The summed E-state index contributed by atoms with van der Waals surface area (Å²) in [5.41, 5.74) is 10.9. The van der Waals surface area contributed by atoms with E-state index in [9.17, 15) is 0 Å². The van der Waals surface area contributed by atoms with Crippen LogP contribution in [-0.2, 0) is 19.9 Å². The van der Waals surface area contributed by atoms with Crippen LogP contribution in [0.15, 0.2) is 17.8 Å². The Morgan fingerprint density at radius 2 is 2.15 bits per heavy atom. The van der Waals surface area contributed by atoms with E-state index in [0.717, 1.165) is 29.2 Å². The lowest BCUT2D eigenvalue weighted by Gasteiger charge is -2.10. The van der Waals surface area contributed by atoms with Crippen LogP contribution in [0.4, 0.5) is 0 Å². The van der Waals surface area contributed by atoms with E-state index < -0.39 is 0 Å². The zero-order chi connectivity index (χ0) is 14.3. The van der Waals surface area contributed by atoms with Gasteiger partial charge in [0.1, 0.15) is 0 Å². The third-order valence-corrected chi connectivity index (χ3v) is 4.51. The van der Waals surface area contributed by atoms with Gasteiger partial charge in [-0.25, -0.2) is 4.98 Å². The van der Waals surface area contributed by atoms with E-state index >= 15 is 0 Å². The van der Waals surface area contributed by atoms with E-state index in [-0.39, 0.29) is 6.04 Å². The largest absolute Gasteiger partial charge is 0.327 e. The highest BCUT2D eigenvalue weighted by atomic mass is 32.1. The van der Waals surface area contributed by atoms with Crippen LogP contribution in [-0.4, -0.2) is 25.2 Å². The van der Waals surface area contributed by atoms with Gasteiger partial charge in [0.15, 0.2) is 4.96 Å². The first-order chi connectivity index (χ1) is 9.54. The molecule has 0 aliphatic carbocycles. The standard InChI is InChI=1S/C14H19N5S/c1-9-13(10(2)18(3)17-9)7-11(15)6-12-8-19-4-5-20-14(19)16-12/h4-5,8,11H,6-7,15H2,1-3H3. The lowest BCUT2D eigenvalue weighted by molar-refractivity contribution is 0.651. The molecule has 0 aliphatic rings. The summed E-state index contributed by atoms with van der Waals surface area (Å²) in [4.78, 5) is 5.61. The van der Waals surface area contributed by atoms with Crippen molar-refractivity contribution in [1.29, 1.82) is 0 Å². The van der Waals surface area contributed by atoms with E-state index in [4.69, 9.17) is 5.73 Å². The minimum atomic E-state index is 0.0706. The third kappa shape index (κ3) is 2.36. The lowest BCUT2D eigenvalue weighted by atomic mass is 10.0. The molecule has 106 valence electrons. The van der Waals surface area contributed by atoms with Crippen LogP contribution in [0.2, 0.25) is 0 Å². The van der Waals surface area contributed by atoms with Gasteiger partial charge < -0.3 is 5.73 Å². The fraction of sp³-hybridized carbons (Fsp3) is 0.429. The summed E-state index contributed by atoms with van der Waals surface area (Å²) in [5.74, 6) is 0. The smallest absolute Gasteiger partial charge is 0.193 e. The Morgan fingerprint density at radius 3 is 2.80 bits per heavy atom. The minimum absolute atomic E-state index is 0.0706. The number of nitrogens with two attached hydrogens (primary N) is 1. The van der Waals surface area contributed by atoms with Crippen LogP contribution < -0.4 is 5.73 Å². The van der Waals surface area contributed by atoms with Crippen molar-refractivity contribution in [3.05, 3.63) is 40.4 Å². The topological polar surface area (TPSA) is 61.1 Å². The highest BCUT2D eigenvalue weighted by Crippen LogP contribution is 2.16. The highest BCUT2D eigenvalue weighted by molar-refractivity contribution is 7.15. The van der Waals surface area contributed by atoms with E-state index in [1.165, 1.54) is 11.3 Å². The number of hydrogen-bond acceptors (Lipinski definition) is 4. The van der Waals surface area contributed by atoms with Crippen LogP contribution in [0, 0.1) is 13.8 Å². The molecule has 0 aromatic carbocycles. The first kappa shape index (κ1) is 13.3. The predicted octanol–water partition coefficient (Wildman–Crippen LogP) is 1.86. The fourth-order valence-electron chi connectivity index (χ4n) is 2.59. The number of fused-ring (bicyclic) bond motifs is 1. The quantitative estimate of drug-likeness (QED) is 0.797. The molecule has 1 unspecified atom stereocenters. The first-order valence-electron chi connectivity index (χ1n) is 6.70. The van der Waals surface area contributed by atoms with Crippen molar-refractivity contribution in [3.63, 3.8) is 0 Å². The monoisotopic (exact) mass is 289 g/mol. The molecule has 0 saturated carbocycles. The van der Waals surface area contributed by atoms with Gasteiger partial charge in [-0.3, -0.25) is 9.08 Å². The van der Waals surface area contributed by atoms with Crippen LogP contribution in [0.1, 0.15) is 22.6 Å². The molecule has 3 aromatic heterocycles. The molecule has 3 rings (SSSR count). The Balaban J connectivity index is 1.73. The van der Waals surface area contributed by atoms with E-state index in [1.54, 1.807) is 11.3 Å². The Bertz CT molecular complexity index is 707. The van der Waals surface area contributed by atoms with E-state index in [0.29, 0.717) is 0 Å². The second-order valence-corrected chi connectivity index (χ2v) is 6.14. The molecule has 6 heteroatoms. The number of thiazole rings is 1. The van der Waals surface area contributed by atoms with Gasteiger partial charge in [-0.1, -0.05) is 0 Å². The zero-order valence-electron chi connectivity index (χ0n) is 12.0. The number of aromatic nitrogens is 4. The third-order valence-electron chi connectivity index (χ3n) is 3.74. The number of rotatable bonds is 4. The molecule has 0 amide bonds. The van der Waals surface area contributed by atoms with Gasteiger partial charge in [0.2, 0.25) is 0 Å². The molecule has 3 aromatic rings. The SMILES string of the molecule is Cc1nn(C)c(C)c1CC(N)Cc1cn2ccsc2n1. The van der Waals surface area contributed by atoms with Gasteiger partial charge in [0, 0.05) is 43.0 Å². The lowest BCUT2D eigenvalue weighted by Crippen LogP contribution is -2.26. The van der Waals surface area contributed by atoms with Crippen molar-refractivity contribution < 1.29 is 0 Å². The Hall–Kier alpha value is -1.66. The summed E-state index contributed by atoms with van der Waals surface area (Å²) >= 11 is 1.65. The van der Waals surface area contributed by atoms with Crippen molar-refractivity contribution in [1.82, 2.24) is 19.2 Å². The molecule has 5 nitrogen and oxygen atoms in total. The molecular formula is C14H19N5S. The van der Waals surface area contributed by atoms with Gasteiger partial charge in [0.05, 0.1) is 11.4 Å². The maximum Gasteiger partial charge on any atom is 0.193 e. The Morgan fingerprint density at radius 1 is 1.35 bits per heavy atom. The number of nitrogens with zero attached hydrogens (tertiary/aromatic N) is 4. The van der Waals surface area contributed by atoms with Crippen LogP contribution >= 0.6 is 11.3 Å². The van der Waals surface area contributed by atoms with E-state index in [1.807, 2.05) is 34.6 Å². The molecular weight excluding hydrogens is 270 g/mol. The fourth-order valence-corrected chi connectivity index (χ4v) is 3.31. The second kappa shape index (κ2) is 5.03. The van der Waals surface area contributed by atoms with E-state index in [2.05, 4.69) is 23.2 Å². The van der Waals surface area contributed by atoms with Gasteiger partial charge in [0.25, 0.3) is 0 Å². The van der Waals surface area contributed by atoms with Crippen LogP contribution in [0.3, 0.4) is 0 Å². The highest BCUT2D eigenvalue weighted by Gasteiger charge is 2.15. The first-order valence-corrected chi connectivity index (χ1v) is 7.58. The van der Waals surface area contributed by atoms with Crippen LogP contribution in [0.25, 0.3) is 4.96 Å². The molecule has 0 radical (unpaired) electrons. The van der Waals surface area contributed by atoms with Crippen molar-refractivity contribution in [3.8, 4) is 0 Å². The number of hydrogen-bond donors (Lipinski definition) is 1. The van der Waals surface area contributed by atoms with Crippen LogP contribution in [0.5, 0.6) is 0 Å². The van der Waals surface area contributed by atoms with Crippen molar-refractivity contribution >= 4 is 16.3 Å². The normalized spacial score (nSPS) is 13.2. The molecule has 0 spiro atoms. The predicted molar refractivity (Wildman–Crippen MR) is 81.1 cm³/mol. The average Bonchev–Trinajstić information content (AvgIpc) is 3.00. The summed E-state index contributed by atoms with van der Waals surface area (Å²) in [6.07, 6.45) is 5.73. The Labute approximate surface area is 122 Å². The maximum atomic E-state index is 6.29. The number of imidazole rings is 1. The number of aryl methyl sites for hydroxylation is 2. The van der Waals surface area contributed by atoms with Crippen molar-refractivity contribution in [2.45, 2.75) is 32.7 Å². The van der Waals surface area contributed by atoms with Gasteiger partial charge in [-0.2, -0.15) is 5.10 Å². The molecule has 0 bridgehead atoms. The zero-order valence-corrected chi connectivity index (χ0v) is 12.8. The molecule has 20 heavy (non-hydrogen) atoms. The van der Waals surface area contributed by atoms with Gasteiger partial charge >= 0.3 is 0 Å². The summed E-state index contributed by atoms with van der Waals surface area (Å²) < 4.78 is 3.97. The molecule has 0 saturated heterocycles. The average molecular weight is 289 g/mol. The summed E-state index contributed by atoms with van der Waals surface area (Å²) in [7, 11) is 1.97. The minimum Gasteiger partial charge on any atom is -0.327 e. The van der Waals surface area contributed by atoms with Crippen molar-refractivity contribution in [2.24, 2.45) is 12.8 Å². The summed E-state index contributed by atoms with van der Waals surface area (Å²) in [5, 5.41) is 6.48. The molecule has 1 atom stereocenters. The Kier molecular flexibility index (Phi) is 3.35. The molecule has 3 heterocycles. The second-order valence-electron chi connectivity index (χ2n) is 5.27. The molecule has 0 aliphatic heterocycles. The molecule has 2 N–H and O–H groups in total.